The minimum Gasteiger partial charge on any atom is -0.449 e. The Morgan fingerprint density at radius 1 is 1.53 bits per heavy atom. The lowest BCUT2D eigenvalue weighted by Crippen LogP contribution is -2.46. The van der Waals surface area contributed by atoms with Gasteiger partial charge >= 0.3 is 16.3 Å². The molecule has 2 N–H and O–H groups in total. The number of hydrogen-bond acceptors (Lipinski definition) is 5. The Hall–Kier alpha value is -1.00. The van der Waals surface area contributed by atoms with Gasteiger partial charge in [0.15, 0.2) is 0 Å². The summed E-state index contributed by atoms with van der Waals surface area (Å²) in [4.78, 5) is 10.9. The molecule has 17 heavy (non-hydrogen) atoms. The lowest BCUT2D eigenvalue weighted by atomic mass is 10.6. The van der Waals surface area contributed by atoms with E-state index in [0.717, 1.165) is 0 Å². The fourth-order valence-electron chi connectivity index (χ4n) is 0.905. The van der Waals surface area contributed by atoms with Gasteiger partial charge in [-0.05, 0) is 6.92 Å². The van der Waals surface area contributed by atoms with E-state index in [1.54, 1.807) is 0 Å². The average molecular weight is 276 g/mol. The maximum atomic E-state index is 12.1. The summed E-state index contributed by atoms with van der Waals surface area (Å²) >= 11 is 0. The monoisotopic (exact) mass is 276 g/mol. The van der Waals surface area contributed by atoms with Crippen LogP contribution in [0.4, 0.5) is 13.6 Å². The van der Waals surface area contributed by atoms with Gasteiger partial charge in [0, 0.05) is 6.54 Å². The zero-order chi connectivity index (χ0) is 13.5. The van der Waals surface area contributed by atoms with Gasteiger partial charge in [-0.3, -0.25) is 0 Å². The third kappa shape index (κ3) is 6.34. The molecule has 0 saturated heterocycles. The lowest BCUT2D eigenvalue weighted by Gasteiger charge is -2.20. The molecular weight excluding hydrogens is 262 g/mol. The van der Waals surface area contributed by atoms with Gasteiger partial charge in [0.25, 0.3) is 6.43 Å². The Kier molecular flexibility index (Phi) is 6.92. The van der Waals surface area contributed by atoms with Gasteiger partial charge < -0.3 is 9.84 Å². The first kappa shape index (κ1) is 16.0. The maximum Gasteiger partial charge on any atom is 0.421 e. The van der Waals surface area contributed by atoms with Crippen LogP contribution < -0.4 is 4.72 Å². The number of rotatable bonds is 7. The molecule has 1 amide bonds. The molecule has 0 fully saturated rings. The highest BCUT2D eigenvalue weighted by atomic mass is 32.2. The summed E-state index contributed by atoms with van der Waals surface area (Å²) in [6, 6.07) is 0. The predicted molar refractivity (Wildman–Crippen MR) is 53.7 cm³/mol. The lowest BCUT2D eigenvalue weighted by molar-refractivity contribution is 0.111. The first-order chi connectivity index (χ1) is 7.83. The molecule has 0 aliphatic rings. The zero-order valence-electron chi connectivity index (χ0n) is 9.10. The van der Waals surface area contributed by atoms with Crippen LogP contribution in [0.25, 0.3) is 0 Å². The fourth-order valence-corrected chi connectivity index (χ4v) is 1.94. The van der Waals surface area contributed by atoms with E-state index in [1.165, 1.54) is 11.6 Å². The van der Waals surface area contributed by atoms with Crippen molar-refractivity contribution >= 4 is 16.3 Å². The van der Waals surface area contributed by atoms with Crippen molar-refractivity contribution in [2.75, 3.05) is 26.3 Å². The predicted octanol–water partition coefficient (Wildman–Crippen LogP) is -0.463. The van der Waals surface area contributed by atoms with Gasteiger partial charge in [-0.25, -0.2) is 18.3 Å². The third-order valence-corrected chi connectivity index (χ3v) is 2.95. The number of carbonyl (C=O) groups excluding carboxylic acids is 1. The average Bonchev–Trinajstić information content (AvgIpc) is 2.15. The highest BCUT2D eigenvalue weighted by Crippen LogP contribution is 2.03. The molecule has 0 rings (SSSR count). The number of carbonyl (C=O) groups is 1. The van der Waals surface area contributed by atoms with E-state index >= 15 is 0 Å². The number of aliphatic hydroxyl groups is 1. The molecule has 0 unspecified atom stereocenters. The molecule has 0 aromatic rings. The number of amides is 1. The highest BCUT2D eigenvalue weighted by Gasteiger charge is 2.27. The molecule has 0 aliphatic heterocycles. The van der Waals surface area contributed by atoms with Crippen molar-refractivity contribution in [1.82, 2.24) is 9.03 Å². The van der Waals surface area contributed by atoms with Gasteiger partial charge in [-0.2, -0.15) is 12.7 Å². The summed E-state index contributed by atoms with van der Waals surface area (Å²) < 4.78 is 53.0. The maximum absolute atomic E-state index is 12.1. The molecule has 0 heterocycles. The summed E-state index contributed by atoms with van der Waals surface area (Å²) in [5, 5.41) is 8.56. The zero-order valence-corrected chi connectivity index (χ0v) is 9.91. The van der Waals surface area contributed by atoms with E-state index in [0.29, 0.717) is 0 Å². The van der Waals surface area contributed by atoms with Crippen molar-refractivity contribution in [3.05, 3.63) is 0 Å². The molecule has 0 spiro atoms. The Morgan fingerprint density at radius 2 is 2.12 bits per heavy atom. The topological polar surface area (TPSA) is 95.9 Å². The second-order valence-electron chi connectivity index (χ2n) is 2.80. The van der Waals surface area contributed by atoms with Crippen molar-refractivity contribution in [2.45, 2.75) is 13.3 Å². The van der Waals surface area contributed by atoms with E-state index in [-0.39, 0.29) is 10.9 Å². The Morgan fingerprint density at radius 3 is 2.53 bits per heavy atom. The first-order valence-corrected chi connectivity index (χ1v) is 6.11. The van der Waals surface area contributed by atoms with Crippen LogP contribution in [0.3, 0.4) is 0 Å². The largest absolute Gasteiger partial charge is 0.449 e. The summed E-state index contributed by atoms with van der Waals surface area (Å²) in [5.41, 5.74) is 0. The van der Waals surface area contributed by atoms with Gasteiger partial charge in [0.1, 0.15) is 0 Å². The molecule has 7 nitrogen and oxygen atoms in total. The van der Waals surface area contributed by atoms with E-state index in [4.69, 9.17) is 5.11 Å². The van der Waals surface area contributed by atoms with Gasteiger partial charge in [-0.1, -0.05) is 0 Å². The van der Waals surface area contributed by atoms with Crippen LogP contribution in [0.2, 0.25) is 0 Å². The van der Waals surface area contributed by atoms with Crippen LogP contribution in [0.1, 0.15) is 6.92 Å². The number of nitrogens with one attached hydrogen (secondary N) is 1. The number of aliphatic hydroxyl groups excluding tert-OH is 1. The summed E-state index contributed by atoms with van der Waals surface area (Å²) in [6.45, 7) is -0.905. The molecule has 0 saturated carbocycles. The minimum atomic E-state index is -4.43. The van der Waals surface area contributed by atoms with E-state index in [9.17, 15) is 22.0 Å². The first-order valence-electron chi connectivity index (χ1n) is 4.67. The van der Waals surface area contributed by atoms with Crippen molar-refractivity contribution < 1.29 is 31.8 Å². The van der Waals surface area contributed by atoms with Crippen LogP contribution in [0.15, 0.2) is 0 Å². The van der Waals surface area contributed by atoms with E-state index < -0.39 is 42.4 Å². The number of hydrogen-bond donors (Lipinski definition) is 2. The second-order valence-corrected chi connectivity index (χ2v) is 4.47. The van der Waals surface area contributed by atoms with Crippen molar-refractivity contribution in [3.8, 4) is 0 Å². The van der Waals surface area contributed by atoms with Crippen molar-refractivity contribution in [1.29, 1.82) is 0 Å². The van der Waals surface area contributed by atoms with Crippen LogP contribution in [-0.4, -0.2) is 56.7 Å². The third-order valence-electron chi connectivity index (χ3n) is 1.52. The van der Waals surface area contributed by atoms with Crippen LogP contribution >= 0.6 is 0 Å². The summed E-state index contributed by atoms with van der Waals surface area (Å²) in [5.74, 6) is 0. The number of halogens is 2. The summed E-state index contributed by atoms with van der Waals surface area (Å²) in [6.07, 6.45) is -4.18. The highest BCUT2D eigenvalue weighted by molar-refractivity contribution is 7.87. The smallest absolute Gasteiger partial charge is 0.421 e. The SMILES string of the molecule is CCOC(=O)NS(=O)(=O)N(CCO)CC(F)F. The van der Waals surface area contributed by atoms with Crippen LogP contribution in [0.5, 0.6) is 0 Å². The van der Waals surface area contributed by atoms with Crippen molar-refractivity contribution in [2.24, 2.45) is 0 Å². The van der Waals surface area contributed by atoms with Crippen molar-refractivity contribution in [3.63, 3.8) is 0 Å². The number of nitrogens with zero attached hydrogens (tertiary/aromatic N) is 1. The van der Waals surface area contributed by atoms with E-state index in [1.807, 2.05) is 0 Å². The summed E-state index contributed by atoms with van der Waals surface area (Å²) in [7, 11) is -4.43. The van der Waals surface area contributed by atoms with Crippen LogP contribution in [-0.2, 0) is 14.9 Å². The molecule has 0 atom stereocenters. The minimum absolute atomic E-state index is 0.0593. The van der Waals surface area contributed by atoms with Gasteiger partial charge in [-0.15, -0.1) is 0 Å². The second kappa shape index (κ2) is 7.35. The molecule has 0 aromatic heterocycles. The fraction of sp³-hybridized carbons (Fsp3) is 0.857. The van der Waals surface area contributed by atoms with Crippen LogP contribution in [0, 0.1) is 0 Å². The molecule has 0 bridgehead atoms. The molecule has 102 valence electrons. The Labute approximate surface area is 97.5 Å². The Balaban J connectivity index is 4.65. The quantitative estimate of drug-likeness (QED) is 0.656. The van der Waals surface area contributed by atoms with E-state index in [2.05, 4.69) is 4.74 Å². The molecular formula is C7H14F2N2O5S. The molecule has 0 aliphatic carbocycles. The molecule has 0 aromatic carbocycles. The standard InChI is InChI=1S/C7H14F2N2O5S/c1-2-16-7(13)10-17(14,15)11(3-4-12)5-6(8)9/h6,12H,2-5H2,1H3,(H,10,13). The number of ether oxygens (including phenoxy) is 1. The molecule has 0 radical (unpaired) electrons. The van der Waals surface area contributed by atoms with Gasteiger partial charge in [0.2, 0.25) is 0 Å². The number of alkyl halides is 2. The molecule has 10 heteroatoms. The normalized spacial score (nSPS) is 11.9. The van der Waals surface area contributed by atoms with Gasteiger partial charge in [0.05, 0.1) is 19.8 Å². The Bertz CT molecular complexity index is 335.